The molecule has 0 aromatic heterocycles. The van der Waals surface area contributed by atoms with Crippen molar-refractivity contribution in [2.24, 2.45) is 5.14 Å². The monoisotopic (exact) mass is 228 g/mol. The van der Waals surface area contributed by atoms with E-state index in [4.69, 9.17) is 9.98 Å². The van der Waals surface area contributed by atoms with Crippen LogP contribution in [-0.4, -0.2) is 8.42 Å². The largest absolute Gasteiger partial charge is 0.406 e. The average molecular weight is 228 g/mol. The number of benzene rings is 1. The van der Waals surface area contributed by atoms with E-state index in [9.17, 15) is 8.42 Å². The molecule has 0 amide bonds. The minimum Gasteiger partial charge on any atom is -0.406 e. The number of para-hydroxylation sites is 1. The number of nitrogens with two attached hydrogens (primary N) is 1. The summed E-state index contributed by atoms with van der Waals surface area (Å²) in [7, 11) is -3.76. The molecule has 0 spiro atoms. The molecule has 1 aromatic rings. The summed E-state index contributed by atoms with van der Waals surface area (Å²) in [4.78, 5) is 3.81. The Labute approximate surface area is 88.2 Å². The molecule has 1 aromatic carbocycles. The van der Waals surface area contributed by atoms with Gasteiger partial charge < -0.3 is 4.84 Å². The molecule has 0 radical (unpaired) electrons. The highest BCUT2D eigenvalue weighted by Gasteiger charge is 2.48. The lowest BCUT2D eigenvalue weighted by molar-refractivity contribution is 0.169. The number of rotatable bonds is 2. The Morgan fingerprint density at radius 2 is 2.13 bits per heavy atom. The van der Waals surface area contributed by atoms with Gasteiger partial charge in [0.1, 0.15) is 0 Å². The van der Waals surface area contributed by atoms with Crippen LogP contribution >= 0.6 is 0 Å². The molecular weight excluding hydrogens is 216 g/mol. The van der Waals surface area contributed by atoms with Gasteiger partial charge in [-0.3, -0.25) is 0 Å². The first kappa shape index (κ1) is 10.4. The van der Waals surface area contributed by atoms with Gasteiger partial charge in [-0.2, -0.15) is 0 Å². The molecule has 1 aliphatic heterocycles. The van der Waals surface area contributed by atoms with Crippen molar-refractivity contribution >= 4 is 10.0 Å². The second kappa shape index (κ2) is 3.19. The summed E-state index contributed by atoms with van der Waals surface area (Å²) in [5.41, 5.74) is 3.08. The van der Waals surface area contributed by atoms with E-state index in [0.717, 1.165) is 0 Å². The Balaban J connectivity index is 2.66. The molecule has 0 saturated heterocycles. The molecule has 1 atom stereocenters. The number of sulfonamides is 1. The zero-order chi connectivity index (χ0) is 11.1. The fraction of sp³-hybridized carbons (Fsp3) is 0.333. The van der Waals surface area contributed by atoms with Crippen molar-refractivity contribution < 1.29 is 13.3 Å². The number of fused-ring (bicyclic) bond motifs is 1. The van der Waals surface area contributed by atoms with Crippen LogP contribution in [0.5, 0.6) is 5.75 Å². The molecule has 6 heteroatoms. The Morgan fingerprint density at radius 3 is 2.73 bits per heavy atom. The predicted molar refractivity (Wildman–Crippen MR) is 55.3 cm³/mol. The summed E-state index contributed by atoms with van der Waals surface area (Å²) in [6.45, 7) is 1.74. The second-order valence-corrected chi connectivity index (χ2v) is 5.21. The lowest BCUT2D eigenvalue weighted by Gasteiger charge is -2.23. The van der Waals surface area contributed by atoms with Gasteiger partial charge in [-0.25, -0.2) is 13.6 Å². The lowest BCUT2D eigenvalue weighted by atomic mass is 10.0. The maximum Gasteiger partial charge on any atom is 0.235 e. The van der Waals surface area contributed by atoms with Gasteiger partial charge in [0.05, 0.1) is 0 Å². The van der Waals surface area contributed by atoms with Crippen LogP contribution in [0, 0.1) is 0 Å². The zero-order valence-corrected chi connectivity index (χ0v) is 9.04. The van der Waals surface area contributed by atoms with E-state index in [1.807, 2.05) is 0 Å². The molecule has 0 bridgehead atoms. The maximum absolute atomic E-state index is 11.6. The molecular formula is C9H12N2O3S. The van der Waals surface area contributed by atoms with E-state index in [0.29, 0.717) is 17.7 Å². The number of hydroxylamine groups is 1. The Kier molecular flexibility index (Phi) is 2.22. The summed E-state index contributed by atoms with van der Waals surface area (Å²) in [6.07, 6.45) is 0.308. The molecule has 2 rings (SSSR count). The number of hydrogen-bond acceptors (Lipinski definition) is 4. The van der Waals surface area contributed by atoms with Crippen LogP contribution in [0.15, 0.2) is 24.3 Å². The van der Waals surface area contributed by atoms with Crippen molar-refractivity contribution in [1.82, 2.24) is 5.48 Å². The Morgan fingerprint density at radius 1 is 1.47 bits per heavy atom. The van der Waals surface area contributed by atoms with Crippen LogP contribution < -0.4 is 15.5 Å². The Hall–Kier alpha value is -1.11. The van der Waals surface area contributed by atoms with Gasteiger partial charge in [0.2, 0.25) is 10.0 Å². The summed E-state index contributed by atoms with van der Waals surface area (Å²) < 4.78 is 23.2. The van der Waals surface area contributed by atoms with Gasteiger partial charge in [0, 0.05) is 5.56 Å². The SMILES string of the molecule is CCC1(S(N)(=O)=O)NOc2ccccc21. The fourth-order valence-electron chi connectivity index (χ4n) is 1.76. The van der Waals surface area contributed by atoms with Crippen LogP contribution in [-0.2, 0) is 14.9 Å². The minimum atomic E-state index is -3.76. The molecule has 0 saturated carbocycles. The van der Waals surface area contributed by atoms with Crippen LogP contribution in [0.4, 0.5) is 0 Å². The standard InChI is InChI=1S/C9H12N2O3S/c1-2-9(15(10,12)13)7-5-3-4-6-8(7)14-11-9/h3-6,11H,2H2,1H3,(H2,10,12,13). The van der Waals surface area contributed by atoms with E-state index in [-0.39, 0.29) is 0 Å². The third-order valence-electron chi connectivity index (χ3n) is 2.63. The quantitative estimate of drug-likeness (QED) is 0.769. The maximum atomic E-state index is 11.6. The van der Waals surface area contributed by atoms with Crippen molar-refractivity contribution in [1.29, 1.82) is 0 Å². The fourth-order valence-corrected chi connectivity index (χ4v) is 2.79. The zero-order valence-electron chi connectivity index (χ0n) is 8.23. The molecule has 0 aliphatic carbocycles. The summed E-state index contributed by atoms with van der Waals surface area (Å²) in [5.74, 6) is 0.508. The summed E-state index contributed by atoms with van der Waals surface area (Å²) in [6, 6.07) is 6.92. The van der Waals surface area contributed by atoms with E-state index in [1.54, 1.807) is 31.2 Å². The van der Waals surface area contributed by atoms with Gasteiger partial charge >= 0.3 is 0 Å². The molecule has 5 nitrogen and oxygen atoms in total. The number of primary sulfonamides is 1. The van der Waals surface area contributed by atoms with Gasteiger partial charge in [0.15, 0.2) is 10.6 Å². The highest BCUT2D eigenvalue weighted by Crippen LogP contribution is 2.40. The average Bonchev–Trinajstić information content (AvgIpc) is 2.56. The molecule has 15 heavy (non-hydrogen) atoms. The predicted octanol–water partition coefficient (Wildman–Crippen LogP) is 0.435. The first-order valence-electron chi connectivity index (χ1n) is 4.57. The minimum absolute atomic E-state index is 0.308. The summed E-state index contributed by atoms with van der Waals surface area (Å²) in [5, 5.41) is 5.23. The van der Waals surface area contributed by atoms with E-state index < -0.39 is 14.9 Å². The van der Waals surface area contributed by atoms with Gasteiger partial charge in [-0.15, -0.1) is 5.48 Å². The van der Waals surface area contributed by atoms with Crippen LogP contribution in [0.25, 0.3) is 0 Å². The van der Waals surface area contributed by atoms with Crippen LogP contribution in [0.2, 0.25) is 0 Å². The molecule has 0 fully saturated rings. The van der Waals surface area contributed by atoms with Crippen molar-refractivity contribution in [2.45, 2.75) is 18.2 Å². The molecule has 1 heterocycles. The van der Waals surface area contributed by atoms with Crippen LogP contribution in [0.1, 0.15) is 18.9 Å². The topological polar surface area (TPSA) is 81.4 Å². The normalized spacial score (nSPS) is 24.7. The third kappa shape index (κ3) is 1.33. The number of nitrogens with one attached hydrogen (secondary N) is 1. The Bertz CT molecular complexity index is 486. The van der Waals surface area contributed by atoms with Crippen LogP contribution in [0.3, 0.4) is 0 Å². The van der Waals surface area contributed by atoms with Crippen molar-refractivity contribution in [2.75, 3.05) is 0 Å². The second-order valence-electron chi connectivity index (χ2n) is 3.43. The highest BCUT2D eigenvalue weighted by atomic mass is 32.2. The first-order valence-corrected chi connectivity index (χ1v) is 6.12. The summed E-state index contributed by atoms with van der Waals surface area (Å²) >= 11 is 0. The van der Waals surface area contributed by atoms with Crippen molar-refractivity contribution in [3.63, 3.8) is 0 Å². The lowest BCUT2D eigenvalue weighted by Crippen LogP contribution is -2.49. The van der Waals surface area contributed by atoms with Gasteiger partial charge in [-0.1, -0.05) is 25.1 Å². The van der Waals surface area contributed by atoms with E-state index in [2.05, 4.69) is 5.48 Å². The molecule has 1 unspecified atom stereocenters. The smallest absolute Gasteiger partial charge is 0.235 e. The van der Waals surface area contributed by atoms with Gasteiger partial charge in [0.25, 0.3) is 0 Å². The van der Waals surface area contributed by atoms with Crippen molar-refractivity contribution in [3.8, 4) is 5.75 Å². The number of hydrogen-bond donors (Lipinski definition) is 2. The van der Waals surface area contributed by atoms with E-state index >= 15 is 0 Å². The van der Waals surface area contributed by atoms with E-state index in [1.165, 1.54) is 0 Å². The molecule has 1 aliphatic rings. The van der Waals surface area contributed by atoms with Crippen molar-refractivity contribution in [3.05, 3.63) is 29.8 Å². The molecule has 82 valence electrons. The highest BCUT2D eigenvalue weighted by molar-refractivity contribution is 7.90. The third-order valence-corrected chi connectivity index (χ3v) is 4.19. The molecule has 3 N–H and O–H groups in total. The first-order chi connectivity index (χ1) is 7.01. The van der Waals surface area contributed by atoms with Gasteiger partial charge in [-0.05, 0) is 12.5 Å².